The van der Waals surface area contributed by atoms with Crippen molar-refractivity contribution in [3.05, 3.63) is 105 Å². The molecule has 3 N–H and O–H groups in total. The average Bonchev–Trinajstić information content (AvgIpc) is 3.46. The second-order valence-electron chi connectivity index (χ2n) is 10.4. The summed E-state index contributed by atoms with van der Waals surface area (Å²) in [5.74, 6) is 0.261. The molecule has 9 nitrogen and oxygen atoms in total. The summed E-state index contributed by atoms with van der Waals surface area (Å²) in [5, 5.41) is 24.4. The van der Waals surface area contributed by atoms with Crippen LogP contribution in [-0.2, 0) is 11.3 Å². The number of carbonyl (C=O) groups excluding carboxylic acids is 2. The van der Waals surface area contributed by atoms with Gasteiger partial charge >= 0.3 is 0 Å². The number of aliphatic hydroxyl groups excluding tert-OH is 2. The third kappa shape index (κ3) is 6.87. The Labute approximate surface area is 263 Å². The van der Waals surface area contributed by atoms with Crippen molar-refractivity contribution >= 4 is 45.4 Å². The third-order valence-corrected chi connectivity index (χ3v) is 8.28. The zero-order chi connectivity index (χ0) is 30.5. The number of rotatable bonds is 10. The second kappa shape index (κ2) is 13.6. The molecule has 3 unspecified atom stereocenters. The summed E-state index contributed by atoms with van der Waals surface area (Å²) in [4.78, 5) is 29.0. The van der Waals surface area contributed by atoms with E-state index in [0.29, 0.717) is 28.0 Å². The molecule has 1 aliphatic rings. The predicted molar refractivity (Wildman–Crippen MR) is 170 cm³/mol. The number of aryl methyl sites for hydroxylation is 1. The van der Waals surface area contributed by atoms with Gasteiger partial charge in [-0.15, -0.1) is 0 Å². The van der Waals surface area contributed by atoms with E-state index < -0.39 is 30.1 Å². The quantitative estimate of drug-likeness (QED) is 0.207. The fourth-order valence-corrected chi connectivity index (χ4v) is 5.65. The number of ether oxygens (including phenoxy) is 2. The summed E-state index contributed by atoms with van der Waals surface area (Å²) in [6, 6.07) is 21.3. The zero-order valence-electron chi connectivity index (χ0n) is 23.8. The number of hydrogen-bond donors (Lipinski definition) is 3. The van der Waals surface area contributed by atoms with Crippen molar-refractivity contribution in [2.24, 2.45) is 0 Å². The minimum Gasteiger partial charge on any atom is -0.493 e. The van der Waals surface area contributed by atoms with E-state index in [-0.39, 0.29) is 31.9 Å². The molecule has 0 saturated carbocycles. The fraction of sp³-hybridized carbons (Fsp3) is 0.273. The Bertz CT molecular complexity index is 1630. The summed E-state index contributed by atoms with van der Waals surface area (Å²) in [6.45, 7) is 1.98. The van der Waals surface area contributed by atoms with Gasteiger partial charge in [-0.1, -0.05) is 54.1 Å². The van der Waals surface area contributed by atoms with Crippen LogP contribution in [0.5, 0.6) is 11.5 Å². The average molecular weight is 697 g/mol. The number of carbonyl (C=O) groups is 2. The summed E-state index contributed by atoms with van der Waals surface area (Å²) in [6.07, 6.45) is -0.463. The van der Waals surface area contributed by atoms with E-state index in [1.807, 2.05) is 61.5 Å². The normalized spacial score (nSPS) is 18.2. The topological polar surface area (TPSA) is 121 Å². The standard InChI is InChI=1S/C33H33IN2O7/c1-20-10-12-21(13-11-20)19-36(33(40)29-17-22-6-5-9-27(41-2)31(22)43-29)25-16-23(32(39)35-14-15-37)18-28(30(25)38)42-26-8-4-3-7-24(26)34/h3-13,17-18,25,28,30,37-38H,14-16,19H2,1-2H3,(H,35,39). The molecular weight excluding hydrogens is 663 g/mol. The van der Waals surface area contributed by atoms with Crippen LogP contribution in [0.2, 0.25) is 0 Å². The van der Waals surface area contributed by atoms with Gasteiger partial charge in [-0.2, -0.15) is 0 Å². The molecule has 0 fully saturated rings. The minimum atomic E-state index is -1.18. The third-order valence-electron chi connectivity index (χ3n) is 7.39. The molecular formula is C33H33IN2O7. The molecule has 0 radical (unpaired) electrons. The molecule has 10 heteroatoms. The van der Waals surface area contributed by atoms with Gasteiger partial charge in [-0.05, 0) is 65.4 Å². The van der Waals surface area contributed by atoms with Crippen molar-refractivity contribution in [1.82, 2.24) is 10.2 Å². The van der Waals surface area contributed by atoms with Gasteiger partial charge in [-0.25, -0.2) is 0 Å². The Morgan fingerprint density at radius 3 is 2.53 bits per heavy atom. The van der Waals surface area contributed by atoms with Crippen molar-refractivity contribution in [3.63, 3.8) is 0 Å². The maximum Gasteiger partial charge on any atom is 0.290 e. The van der Waals surface area contributed by atoms with Crippen LogP contribution in [0, 0.1) is 10.5 Å². The van der Waals surface area contributed by atoms with E-state index in [0.717, 1.165) is 14.7 Å². The lowest BCUT2D eigenvalue weighted by Crippen LogP contribution is -2.54. The second-order valence-corrected chi connectivity index (χ2v) is 11.5. The lowest BCUT2D eigenvalue weighted by atomic mass is 9.87. The van der Waals surface area contributed by atoms with E-state index in [9.17, 15) is 19.8 Å². The summed E-state index contributed by atoms with van der Waals surface area (Å²) < 4.78 is 18.5. The summed E-state index contributed by atoms with van der Waals surface area (Å²) >= 11 is 2.15. The highest BCUT2D eigenvalue weighted by molar-refractivity contribution is 14.1. The van der Waals surface area contributed by atoms with E-state index in [2.05, 4.69) is 27.9 Å². The summed E-state index contributed by atoms with van der Waals surface area (Å²) in [5.41, 5.74) is 2.69. The highest BCUT2D eigenvalue weighted by Gasteiger charge is 2.41. The molecule has 1 heterocycles. The first kappa shape index (κ1) is 30.6. The predicted octanol–water partition coefficient (Wildman–Crippen LogP) is 4.61. The van der Waals surface area contributed by atoms with Crippen molar-refractivity contribution in [3.8, 4) is 11.5 Å². The summed E-state index contributed by atoms with van der Waals surface area (Å²) in [7, 11) is 1.53. The number of nitrogens with one attached hydrogen (secondary N) is 1. The molecule has 1 aliphatic carbocycles. The molecule has 0 bridgehead atoms. The van der Waals surface area contributed by atoms with Crippen LogP contribution in [0.25, 0.3) is 11.0 Å². The molecule has 0 aliphatic heterocycles. The van der Waals surface area contributed by atoms with Crippen molar-refractivity contribution in [1.29, 1.82) is 0 Å². The molecule has 3 atom stereocenters. The van der Waals surface area contributed by atoms with Crippen LogP contribution in [0.15, 0.2) is 88.9 Å². The molecule has 4 aromatic rings. The number of nitrogens with zero attached hydrogens (tertiary/aromatic N) is 1. The minimum absolute atomic E-state index is 0.0608. The van der Waals surface area contributed by atoms with Crippen LogP contribution < -0.4 is 14.8 Å². The van der Waals surface area contributed by atoms with Crippen molar-refractivity contribution in [2.45, 2.75) is 38.1 Å². The molecule has 224 valence electrons. The van der Waals surface area contributed by atoms with E-state index >= 15 is 0 Å². The maximum absolute atomic E-state index is 14.3. The van der Waals surface area contributed by atoms with Gasteiger partial charge in [0.05, 0.1) is 23.3 Å². The SMILES string of the molecule is COc1cccc2cc(C(=O)N(Cc3ccc(C)cc3)C3CC(C(=O)NCCO)=CC(Oc4ccccc4I)C3O)oc12. The lowest BCUT2D eigenvalue weighted by Gasteiger charge is -2.40. The number of para-hydroxylation sites is 2. The Kier molecular flexibility index (Phi) is 9.69. The largest absolute Gasteiger partial charge is 0.493 e. The fourth-order valence-electron chi connectivity index (χ4n) is 5.14. The van der Waals surface area contributed by atoms with Crippen LogP contribution in [0.3, 0.4) is 0 Å². The number of hydrogen-bond acceptors (Lipinski definition) is 7. The lowest BCUT2D eigenvalue weighted by molar-refractivity contribution is -0.118. The van der Waals surface area contributed by atoms with Gasteiger partial charge in [0.1, 0.15) is 18.0 Å². The van der Waals surface area contributed by atoms with Gasteiger partial charge in [-0.3, -0.25) is 9.59 Å². The zero-order valence-corrected chi connectivity index (χ0v) is 26.0. The number of fused-ring (bicyclic) bond motifs is 1. The molecule has 0 spiro atoms. The van der Waals surface area contributed by atoms with Crippen LogP contribution in [-0.4, -0.2) is 65.4 Å². The highest BCUT2D eigenvalue weighted by atomic mass is 127. The van der Waals surface area contributed by atoms with E-state index in [1.165, 1.54) is 12.0 Å². The number of furan rings is 1. The van der Waals surface area contributed by atoms with Crippen molar-refractivity contribution in [2.75, 3.05) is 20.3 Å². The first-order valence-electron chi connectivity index (χ1n) is 13.9. The number of amides is 2. The maximum atomic E-state index is 14.3. The van der Waals surface area contributed by atoms with E-state index in [4.69, 9.17) is 13.9 Å². The Hall–Kier alpha value is -3.87. The van der Waals surface area contributed by atoms with Crippen LogP contribution in [0.4, 0.5) is 0 Å². The number of methoxy groups -OCH3 is 1. The van der Waals surface area contributed by atoms with Gasteiger partial charge in [0, 0.05) is 30.5 Å². The van der Waals surface area contributed by atoms with Crippen molar-refractivity contribution < 1.29 is 33.7 Å². The number of halogens is 1. The van der Waals surface area contributed by atoms with Crippen LogP contribution in [0.1, 0.15) is 28.1 Å². The van der Waals surface area contributed by atoms with Gasteiger partial charge in [0.2, 0.25) is 5.91 Å². The monoisotopic (exact) mass is 696 g/mol. The first-order valence-corrected chi connectivity index (χ1v) is 15.0. The molecule has 1 aromatic heterocycles. The van der Waals surface area contributed by atoms with Gasteiger partial charge < -0.3 is 34.3 Å². The molecule has 0 saturated heterocycles. The van der Waals surface area contributed by atoms with E-state index in [1.54, 1.807) is 24.3 Å². The molecule has 5 rings (SSSR count). The number of benzene rings is 3. The molecule has 2 amide bonds. The van der Waals surface area contributed by atoms with Gasteiger partial charge in [0.25, 0.3) is 5.91 Å². The van der Waals surface area contributed by atoms with Gasteiger partial charge in [0.15, 0.2) is 17.1 Å². The highest BCUT2D eigenvalue weighted by Crippen LogP contribution is 2.33. The Morgan fingerprint density at radius 1 is 1.07 bits per heavy atom. The Balaban J connectivity index is 1.56. The first-order chi connectivity index (χ1) is 20.8. The smallest absolute Gasteiger partial charge is 0.290 e. The van der Waals surface area contributed by atoms with Crippen LogP contribution >= 0.6 is 22.6 Å². The molecule has 43 heavy (non-hydrogen) atoms. The Morgan fingerprint density at radius 2 is 1.81 bits per heavy atom. The number of aliphatic hydroxyl groups is 2. The molecule has 3 aromatic carbocycles.